The van der Waals surface area contributed by atoms with Crippen LogP contribution >= 0.6 is 11.3 Å². The van der Waals surface area contributed by atoms with Crippen molar-refractivity contribution < 1.29 is 9.53 Å². The van der Waals surface area contributed by atoms with Crippen molar-refractivity contribution in [1.82, 2.24) is 4.90 Å². The molecule has 1 aromatic heterocycles. The first-order chi connectivity index (χ1) is 9.25. The highest BCUT2D eigenvalue weighted by Gasteiger charge is 2.29. The van der Waals surface area contributed by atoms with E-state index in [4.69, 9.17) is 4.74 Å². The average Bonchev–Trinajstić information content (AvgIpc) is 2.89. The number of amides is 1. The third kappa shape index (κ3) is 2.36. The summed E-state index contributed by atoms with van der Waals surface area (Å²) < 4.78 is 5.41. The van der Waals surface area contributed by atoms with Crippen molar-refractivity contribution >= 4 is 17.4 Å². The molecule has 0 fully saturated rings. The summed E-state index contributed by atoms with van der Waals surface area (Å²) in [5.74, 6) is 0.593. The van der Waals surface area contributed by atoms with Gasteiger partial charge in [-0.25, -0.2) is 4.79 Å². The van der Waals surface area contributed by atoms with Gasteiger partial charge in [-0.3, -0.25) is 0 Å². The zero-order chi connectivity index (χ0) is 13.2. The third-order valence-electron chi connectivity index (χ3n) is 3.46. The number of benzene rings is 1. The Balaban J connectivity index is 1.75. The molecule has 2 heterocycles. The van der Waals surface area contributed by atoms with Crippen LogP contribution in [-0.4, -0.2) is 17.5 Å². The molecule has 1 aromatic carbocycles. The molecule has 0 N–H and O–H groups in total. The van der Waals surface area contributed by atoms with Gasteiger partial charge in [-0.15, -0.1) is 11.3 Å². The lowest BCUT2D eigenvalue weighted by atomic mass is 10.0. The summed E-state index contributed by atoms with van der Waals surface area (Å²) >= 11 is 1.77. The summed E-state index contributed by atoms with van der Waals surface area (Å²) in [6.45, 7) is 2.78. The van der Waals surface area contributed by atoms with Crippen molar-refractivity contribution in [2.45, 2.75) is 19.4 Å². The molecule has 1 amide bonds. The van der Waals surface area contributed by atoms with Gasteiger partial charge >= 0.3 is 6.09 Å². The smallest absolute Gasteiger partial charge is 0.410 e. The Morgan fingerprint density at radius 1 is 1.32 bits per heavy atom. The van der Waals surface area contributed by atoms with Crippen LogP contribution in [0.3, 0.4) is 0 Å². The van der Waals surface area contributed by atoms with Gasteiger partial charge in [-0.05, 0) is 42.5 Å². The van der Waals surface area contributed by atoms with E-state index in [2.05, 4.69) is 18.4 Å². The molecule has 1 aliphatic rings. The van der Waals surface area contributed by atoms with E-state index < -0.39 is 0 Å². The van der Waals surface area contributed by atoms with E-state index in [1.165, 1.54) is 10.4 Å². The Bertz CT molecular complexity index is 579. The van der Waals surface area contributed by atoms with Crippen LogP contribution in [0.25, 0.3) is 0 Å². The van der Waals surface area contributed by atoms with Crippen molar-refractivity contribution in [3.63, 3.8) is 0 Å². The topological polar surface area (TPSA) is 29.5 Å². The van der Waals surface area contributed by atoms with E-state index >= 15 is 0 Å². The molecule has 0 radical (unpaired) electrons. The first kappa shape index (κ1) is 12.2. The molecule has 1 atom stereocenters. The molecule has 0 saturated heterocycles. The Hall–Kier alpha value is -1.81. The molecule has 3 nitrogen and oxygen atoms in total. The van der Waals surface area contributed by atoms with Crippen molar-refractivity contribution in [3.8, 4) is 5.75 Å². The van der Waals surface area contributed by atoms with E-state index in [-0.39, 0.29) is 12.1 Å². The second-order valence-corrected chi connectivity index (χ2v) is 5.60. The minimum absolute atomic E-state index is 0.0891. The number of nitrogens with zero attached hydrogens (tertiary/aromatic N) is 1. The van der Waals surface area contributed by atoms with E-state index in [9.17, 15) is 4.79 Å². The minimum atomic E-state index is -0.268. The molecule has 0 spiro atoms. The highest BCUT2D eigenvalue weighted by molar-refractivity contribution is 7.10. The molecule has 98 valence electrons. The number of thiophene rings is 1. The van der Waals surface area contributed by atoms with Gasteiger partial charge in [0.15, 0.2) is 0 Å². The standard InChI is InChI=1S/C15H15NO2S/c1-11-13-8-10-19-14(13)7-9-16(11)15(17)18-12-5-3-2-4-6-12/h2-6,8,10-11H,7,9H2,1H3. The van der Waals surface area contributed by atoms with Crippen LogP contribution in [0.2, 0.25) is 0 Å². The van der Waals surface area contributed by atoms with E-state index in [1.54, 1.807) is 28.4 Å². The lowest BCUT2D eigenvalue weighted by Crippen LogP contribution is -2.40. The molecule has 0 aliphatic carbocycles. The Morgan fingerprint density at radius 2 is 2.11 bits per heavy atom. The van der Waals surface area contributed by atoms with Gasteiger partial charge in [0.05, 0.1) is 6.04 Å². The summed E-state index contributed by atoms with van der Waals surface area (Å²) in [4.78, 5) is 15.4. The fourth-order valence-corrected chi connectivity index (χ4v) is 3.37. The second kappa shape index (κ2) is 5.05. The van der Waals surface area contributed by atoms with Crippen LogP contribution < -0.4 is 4.74 Å². The van der Waals surface area contributed by atoms with Crippen molar-refractivity contribution in [2.24, 2.45) is 0 Å². The van der Waals surface area contributed by atoms with E-state index in [1.807, 2.05) is 18.2 Å². The Kier molecular flexibility index (Phi) is 3.25. The predicted molar refractivity (Wildman–Crippen MR) is 75.6 cm³/mol. The first-order valence-corrected chi connectivity index (χ1v) is 7.23. The fourth-order valence-electron chi connectivity index (χ4n) is 2.41. The van der Waals surface area contributed by atoms with Gasteiger partial charge in [0, 0.05) is 11.4 Å². The zero-order valence-electron chi connectivity index (χ0n) is 10.7. The summed E-state index contributed by atoms with van der Waals surface area (Å²) in [5.41, 5.74) is 1.25. The number of para-hydroxylation sites is 1. The van der Waals surface area contributed by atoms with Gasteiger partial charge in [-0.2, -0.15) is 0 Å². The quantitative estimate of drug-likeness (QED) is 0.789. The number of carbonyl (C=O) groups excluding carboxylic acids is 1. The highest BCUT2D eigenvalue weighted by atomic mass is 32.1. The number of hydrogen-bond donors (Lipinski definition) is 0. The Labute approximate surface area is 116 Å². The van der Waals surface area contributed by atoms with Crippen molar-refractivity contribution in [2.75, 3.05) is 6.54 Å². The maximum absolute atomic E-state index is 12.2. The minimum Gasteiger partial charge on any atom is -0.410 e. The van der Waals surface area contributed by atoms with Gasteiger partial charge in [-0.1, -0.05) is 18.2 Å². The van der Waals surface area contributed by atoms with Crippen LogP contribution in [-0.2, 0) is 6.42 Å². The van der Waals surface area contributed by atoms with E-state index in [0.717, 1.165) is 13.0 Å². The SMILES string of the molecule is CC1c2ccsc2CCN1C(=O)Oc1ccccc1. The molecule has 19 heavy (non-hydrogen) atoms. The summed E-state index contributed by atoms with van der Waals surface area (Å²) in [7, 11) is 0. The largest absolute Gasteiger partial charge is 0.415 e. The van der Waals surface area contributed by atoms with Crippen molar-refractivity contribution in [3.05, 3.63) is 52.2 Å². The molecular formula is C15H15NO2S. The van der Waals surface area contributed by atoms with Crippen LogP contribution in [0.4, 0.5) is 4.79 Å². The van der Waals surface area contributed by atoms with Gasteiger partial charge < -0.3 is 9.64 Å². The summed E-state index contributed by atoms with van der Waals surface area (Å²) in [6, 6.07) is 11.4. The molecule has 0 saturated carbocycles. The second-order valence-electron chi connectivity index (χ2n) is 4.60. The normalized spacial score (nSPS) is 17.9. The lowest BCUT2D eigenvalue weighted by molar-refractivity contribution is 0.132. The van der Waals surface area contributed by atoms with Gasteiger partial charge in [0.1, 0.15) is 5.75 Å². The van der Waals surface area contributed by atoms with Crippen LogP contribution in [0.15, 0.2) is 41.8 Å². The molecule has 1 unspecified atom stereocenters. The van der Waals surface area contributed by atoms with Crippen LogP contribution in [0.1, 0.15) is 23.4 Å². The molecular weight excluding hydrogens is 258 g/mol. The van der Waals surface area contributed by atoms with E-state index in [0.29, 0.717) is 5.75 Å². The number of ether oxygens (including phenoxy) is 1. The maximum atomic E-state index is 12.2. The summed E-state index contributed by atoms with van der Waals surface area (Å²) in [6.07, 6.45) is 0.650. The zero-order valence-corrected chi connectivity index (χ0v) is 11.5. The lowest BCUT2D eigenvalue weighted by Gasteiger charge is -2.32. The fraction of sp³-hybridized carbons (Fsp3) is 0.267. The molecule has 4 heteroatoms. The maximum Gasteiger partial charge on any atom is 0.415 e. The molecule has 3 rings (SSSR count). The average molecular weight is 273 g/mol. The van der Waals surface area contributed by atoms with Crippen LogP contribution in [0.5, 0.6) is 5.75 Å². The number of fused-ring (bicyclic) bond motifs is 1. The molecule has 1 aliphatic heterocycles. The van der Waals surface area contributed by atoms with Gasteiger partial charge in [0.2, 0.25) is 0 Å². The monoisotopic (exact) mass is 273 g/mol. The number of carbonyl (C=O) groups is 1. The number of rotatable bonds is 1. The predicted octanol–water partition coefficient (Wildman–Crippen LogP) is 3.87. The third-order valence-corrected chi connectivity index (χ3v) is 4.46. The summed E-state index contributed by atoms with van der Waals surface area (Å²) in [5, 5.41) is 2.09. The highest BCUT2D eigenvalue weighted by Crippen LogP contribution is 2.33. The first-order valence-electron chi connectivity index (χ1n) is 6.35. The Morgan fingerprint density at radius 3 is 2.89 bits per heavy atom. The van der Waals surface area contributed by atoms with Gasteiger partial charge in [0.25, 0.3) is 0 Å². The molecule has 0 bridgehead atoms. The van der Waals surface area contributed by atoms with Crippen LogP contribution in [0, 0.1) is 0 Å². The van der Waals surface area contributed by atoms with Crippen molar-refractivity contribution in [1.29, 1.82) is 0 Å². The molecule has 2 aromatic rings. The number of hydrogen-bond acceptors (Lipinski definition) is 3.